The number of hydrogen-bond donors (Lipinski definition) is 1. The van der Waals surface area contributed by atoms with E-state index in [1.165, 1.54) is 28.8 Å². The monoisotopic (exact) mass is 344 g/mol. The van der Waals surface area contributed by atoms with Crippen LogP contribution in [0.2, 0.25) is 0 Å². The minimum absolute atomic E-state index is 0.173. The molecule has 3 rings (SSSR count). The molecule has 1 saturated heterocycles. The zero-order chi connectivity index (χ0) is 16.2. The Hall–Kier alpha value is -2.18. The minimum Gasteiger partial charge on any atom is -0.367 e. The first-order valence-electron chi connectivity index (χ1n) is 6.93. The summed E-state index contributed by atoms with van der Waals surface area (Å²) in [4.78, 5) is 14.4. The number of halogens is 1. The molecule has 116 valence electrons. The number of para-hydroxylation sites is 1. The summed E-state index contributed by atoms with van der Waals surface area (Å²) in [6.45, 7) is 0.301. The molecule has 0 unspecified atom stereocenters. The Balaban J connectivity index is 1.72. The van der Waals surface area contributed by atoms with Gasteiger partial charge < -0.3 is 5.32 Å². The fourth-order valence-corrected chi connectivity index (χ4v) is 3.37. The summed E-state index contributed by atoms with van der Waals surface area (Å²) >= 11 is 6.49. The Bertz CT molecular complexity index is 777. The summed E-state index contributed by atoms with van der Waals surface area (Å²) in [6.07, 6.45) is 1.66. The van der Waals surface area contributed by atoms with Gasteiger partial charge in [0.2, 0.25) is 0 Å². The number of benzene rings is 2. The molecule has 23 heavy (non-hydrogen) atoms. The molecule has 0 saturated carbocycles. The molecule has 1 amide bonds. The highest BCUT2D eigenvalue weighted by Gasteiger charge is 2.31. The van der Waals surface area contributed by atoms with Crippen molar-refractivity contribution in [1.82, 2.24) is 4.90 Å². The second-order valence-corrected chi connectivity index (χ2v) is 6.54. The van der Waals surface area contributed by atoms with Gasteiger partial charge in [-0.1, -0.05) is 54.3 Å². The van der Waals surface area contributed by atoms with Crippen molar-refractivity contribution in [2.75, 3.05) is 12.0 Å². The molecule has 2 aromatic carbocycles. The number of amides is 1. The van der Waals surface area contributed by atoms with Crippen molar-refractivity contribution in [3.05, 3.63) is 70.9 Å². The second kappa shape index (κ2) is 6.93. The number of thioether (sulfide) groups is 1. The molecule has 1 N–H and O–H groups in total. The van der Waals surface area contributed by atoms with Crippen molar-refractivity contribution >= 4 is 46.0 Å². The lowest BCUT2D eigenvalue weighted by Gasteiger charge is -2.16. The van der Waals surface area contributed by atoms with Gasteiger partial charge in [0.05, 0.1) is 11.6 Å². The zero-order valence-corrected chi connectivity index (χ0v) is 13.7. The van der Waals surface area contributed by atoms with E-state index in [0.29, 0.717) is 21.5 Å². The zero-order valence-electron chi connectivity index (χ0n) is 12.0. The number of carbonyl (C=O) groups is 1. The standard InChI is InChI=1S/C17H13FN2OS2/c18-13-6-4-5-12(9-13)10-15-16(21)20(17(22)23-15)11-19-14-7-2-1-3-8-14/h1-10,19H,11H2. The number of nitrogens with one attached hydrogen (secondary N) is 1. The molecule has 0 aromatic heterocycles. The van der Waals surface area contributed by atoms with Crippen LogP contribution >= 0.6 is 24.0 Å². The van der Waals surface area contributed by atoms with Gasteiger partial charge >= 0.3 is 0 Å². The smallest absolute Gasteiger partial charge is 0.267 e. The lowest BCUT2D eigenvalue weighted by Crippen LogP contribution is -2.33. The van der Waals surface area contributed by atoms with E-state index >= 15 is 0 Å². The molecule has 0 atom stereocenters. The normalized spacial score (nSPS) is 16.2. The van der Waals surface area contributed by atoms with Gasteiger partial charge in [-0.25, -0.2) is 4.39 Å². The van der Waals surface area contributed by atoms with E-state index in [2.05, 4.69) is 5.32 Å². The van der Waals surface area contributed by atoms with Crippen LogP contribution in [0.4, 0.5) is 10.1 Å². The van der Waals surface area contributed by atoms with E-state index in [4.69, 9.17) is 12.2 Å². The molecule has 0 spiro atoms. The predicted molar refractivity (Wildman–Crippen MR) is 96.3 cm³/mol. The van der Waals surface area contributed by atoms with Crippen molar-refractivity contribution in [2.45, 2.75) is 0 Å². The van der Waals surface area contributed by atoms with Crippen molar-refractivity contribution in [1.29, 1.82) is 0 Å². The molecule has 1 aliphatic heterocycles. The highest BCUT2D eigenvalue weighted by Crippen LogP contribution is 2.32. The quantitative estimate of drug-likeness (QED) is 0.669. The van der Waals surface area contributed by atoms with Gasteiger partial charge in [0.15, 0.2) is 0 Å². The third-order valence-corrected chi connectivity index (χ3v) is 4.61. The molecule has 3 nitrogen and oxygen atoms in total. The van der Waals surface area contributed by atoms with Crippen LogP contribution in [0.15, 0.2) is 59.5 Å². The van der Waals surface area contributed by atoms with Crippen LogP contribution in [-0.4, -0.2) is 21.8 Å². The Morgan fingerprint density at radius 2 is 1.96 bits per heavy atom. The molecule has 0 aliphatic carbocycles. The van der Waals surface area contributed by atoms with Gasteiger partial charge in [0.25, 0.3) is 5.91 Å². The fraction of sp³-hybridized carbons (Fsp3) is 0.0588. The first-order chi connectivity index (χ1) is 11.1. The van der Waals surface area contributed by atoms with E-state index in [0.717, 1.165) is 5.69 Å². The van der Waals surface area contributed by atoms with Gasteiger partial charge in [-0.05, 0) is 35.9 Å². The lowest BCUT2D eigenvalue weighted by atomic mass is 10.2. The van der Waals surface area contributed by atoms with Gasteiger partial charge in [-0.15, -0.1) is 0 Å². The summed E-state index contributed by atoms with van der Waals surface area (Å²) < 4.78 is 13.7. The Labute approximate surface area is 143 Å². The maximum Gasteiger partial charge on any atom is 0.267 e. The fourth-order valence-electron chi connectivity index (χ4n) is 2.11. The van der Waals surface area contributed by atoms with Crippen molar-refractivity contribution < 1.29 is 9.18 Å². The van der Waals surface area contributed by atoms with Crippen LogP contribution in [-0.2, 0) is 4.79 Å². The molecule has 6 heteroatoms. The second-order valence-electron chi connectivity index (χ2n) is 4.87. The van der Waals surface area contributed by atoms with Crippen LogP contribution < -0.4 is 5.32 Å². The number of hydrogen-bond acceptors (Lipinski definition) is 4. The summed E-state index contributed by atoms with van der Waals surface area (Å²) in [5.74, 6) is -0.507. The first-order valence-corrected chi connectivity index (χ1v) is 8.16. The number of rotatable bonds is 4. The summed E-state index contributed by atoms with van der Waals surface area (Å²) in [5, 5.41) is 3.16. The van der Waals surface area contributed by atoms with Gasteiger partial charge in [0.1, 0.15) is 10.1 Å². The van der Waals surface area contributed by atoms with Crippen LogP contribution in [0.25, 0.3) is 6.08 Å². The van der Waals surface area contributed by atoms with Crippen molar-refractivity contribution in [2.24, 2.45) is 0 Å². The van der Waals surface area contributed by atoms with Crippen molar-refractivity contribution in [3.63, 3.8) is 0 Å². The average Bonchev–Trinajstić information content (AvgIpc) is 2.80. The number of thiocarbonyl (C=S) groups is 1. The molecule has 0 bridgehead atoms. The summed E-state index contributed by atoms with van der Waals surface area (Å²) in [7, 11) is 0. The van der Waals surface area contributed by atoms with Crippen LogP contribution in [0.5, 0.6) is 0 Å². The van der Waals surface area contributed by atoms with Crippen molar-refractivity contribution in [3.8, 4) is 0 Å². The SMILES string of the molecule is O=C1C(=Cc2cccc(F)c2)SC(=S)N1CNc1ccccc1. The van der Waals surface area contributed by atoms with Crippen LogP contribution in [0.3, 0.4) is 0 Å². The molecule has 1 fully saturated rings. The average molecular weight is 344 g/mol. The van der Waals surface area contributed by atoms with E-state index in [9.17, 15) is 9.18 Å². The lowest BCUT2D eigenvalue weighted by molar-refractivity contribution is -0.121. The molecular formula is C17H13FN2OS2. The molecule has 0 radical (unpaired) electrons. The number of carbonyl (C=O) groups excluding carboxylic acids is 1. The van der Waals surface area contributed by atoms with Crippen LogP contribution in [0, 0.1) is 5.82 Å². The number of anilines is 1. The Kier molecular flexibility index (Phi) is 4.73. The Morgan fingerprint density at radius 3 is 2.70 bits per heavy atom. The van der Waals surface area contributed by atoms with E-state index in [1.807, 2.05) is 30.3 Å². The maximum atomic E-state index is 13.2. The molecular weight excluding hydrogens is 331 g/mol. The highest BCUT2D eigenvalue weighted by atomic mass is 32.2. The number of nitrogens with zero attached hydrogens (tertiary/aromatic N) is 1. The van der Waals surface area contributed by atoms with Gasteiger partial charge in [-0.2, -0.15) is 0 Å². The molecule has 2 aromatic rings. The largest absolute Gasteiger partial charge is 0.367 e. The highest BCUT2D eigenvalue weighted by molar-refractivity contribution is 8.26. The summed E-state index contributed by atoms with van der Waals surface area (Å²) in [6, 6.07) is 15.7. The molecule has 1 aliphatic rings. The topological polar surface area (TPSA) is 32.3 Å². The van der Waals surface area contributed by atoms with E-state index < -0.39 is 0 Å². The van der Waals surface area contributed by atoms with Crippen LogP contribution in [0.1, 0.15) is 5.56 Å². The van der Waals surface area contributed by atoms with E-state index in [-0.39, 0.29) is 11.7 Å². The van der Waals surface area contributed by atoms with Gasteiger partial charge in [-0.3, -0.25) is 9.69 Å². The third kappa shape index (κ3) is 3.78. The molecule has 1 heterocycles. The minimum atomic E-state index is -0.333. The first kappa shape index (κ1) is 15.7. The summed E-state index contributed by atoms with van der Waals surface area (Å²) in [5.41, 5.74) is 1.55. The van der Waals surface area contributed by atoms with Gasteiger partial charge in [0, 0.05) is 5.69 Å². The third-order valence-electron chi connectivity index (χ3n) is 3.24. The predicted octanol–water partition coefficient (Wildman–Crippen LogP) is 4.10. The van der Waals surface area contributed by atoms with E-state index in [1.54, 1.807) is 18.2 Å². The Morgan fingerprint density at radius 1 is 1.17 bits per heavy atom. The maximum absolute atomic E-state index is 13.2.